The van der Waals surface area contributed by atoms with Gasteiger partial charge in [0.05, 0.1) is 5.69 Å². The summed E-state index contributed by atoms with van der Waals surface area (Å²) in [5.74, 6) is 1.84. The van der Waals surface area contributed by atoms with Gasteiger partial charge >= 0.3 is 0 Å². The smallest absolute Gasteiger partial charge is 0.127 e. The van der Waals surface area contributed by atoms with E-state index >= 15 is 0 Å². The standard InChI is InChI=1S/C12H17N3O/c1-4-13-12(10-7-8-15(3)14-10)11-6-5-9(2)16-11/h5-8,12-13H,4H2,1-3H3. The molecule has 0 fully saturated rings. The molecule has 0 saturated heterocycles. The second-order valence-electron chi connectivity index (χ2n) is 3.85. The fraction of sp³-hybridized carbons (Fsp3) is 0.417. The molecule has 0 saturated carbocycles. The van der Waals surface area contributed by atoms with Crippen LogP contribution < -0.4 is 5.32 Å². The van der Waals surface area contributed by atoms with Crippen molar-refractivity contribution < 1.29 is 4.42 Å². The Labute approximate surface area is 95.3 Å². The lowest BCUT2D eigenvalue weighted by Gasteiger charge is -2.12. The zero-order valence-electron chi connectivity index (χ0n) is 9.90. The Kier molecular flexibility index (Phi) is 3.10. The molecule has 1 unspecified atom stereocenters. The molecule has 1 N–H and O–H groups in total. The molecule has 4 nitrogen and oxygen atoms in total. The van der Waals surface area contributed by atoms with Gasteiger partial charge in [-0.3, -0.25) is 4.68 Å². The molecule has 0 radical (unpaired) electrons. The van der Waals surface area contributed by atoms with Crippen LogP contribution in [0.1, 0.15) is 30.2 Å². The van der Waals surface area contributed by atoms with Crippen LogP contribution in [0.3, 0.4) is 0 Å². The molecular weight excluding hydrogens is 202 g/mol. The summed E-state index contributed by atoms with van der Waals surface area (Å²) < 4.78 is 7.45. The molecule has 0 amide bonds. The Morgan fingerprint density at radius 3 is 2.75 bits per heavy atom. The molecule has 16 heavy (non-hydrogen) atoms. The first-order chi connectivity index (χ1) is 7.70. The van der Waals surface area contributed by atoms with Crippen molar-refractivity contribution in [3.8, 4) is 0 Å². The minimum absolute atomic E-state index is 0.0416. The molecule has 4 heteroatoms. The first kappa shape index (κ1) is 11.0. The van der Waals surface area contributed by atoms with Gasteiger partial charge in [-0.2, -0.15) is 5.10 Å². The fourth-order valence-electron chi connectivity index (χ4n) is 1.75. The third kappa shape index (κ3) is 2.17. The van der Waals surface area contributed by atoms with Crippen LogP contribution >= 0.6 is 0 Å². The Morgan fingerprint density at radius 2 is 2.25 bits per heavy atom. The zero-order valence-corrected chi connectivity index (χ0v) is 9.90. The predicted molar refractivity (Wildman–Crippen MR) is 62.2 cm³/mol. The molecular formula is C12H17N3O. The summed E-state index contributed by atoms with van der Waals surface area (Å²) in [6.45, 7) is 4.90. The largest absolute Gasteiger partial charge is 0.464 e. The fourth-order valence-corrected chi connectivity index (χ4v) is 1.75. The number of rotatable bonds is 4. The van der Waals surface area contributed by atoms with Crippen LogP contribution in [-0.4, -0.2) is 16.3 Å². The summed E-state index contributed by atoms with van der Waals surface area (Å²) in [4.78, 5) is 0. The van der Waals surface area contributed by atoms with Crippen LogP contribution in [0.4, 0.5) is 0 Å². The minimum atomic E-state index is 0.0416. The second-order valence-corrected chi connectivity index (χ2v) is 3.85. The maximum absolute atomic E-state index is 5.65. The molecule has 0 aliphatic rings. The number of hydrogen-bond acceptors (Lipinski definition) is 3. The number of hydrogen-bond donors (Lipinski definition) is 1. The van der Waals surface area contributed by atoms with Gasteiger partial charge < -0.3 is 9.73 Å². The summed E-state index contributed by atoms with van der Waals surface area (Å²) >= 11 is 0. The Morgan fingerprint density at radius 1 is 1.44 bits per heavy atom. The van der Waals surface area contributed by atoms with Crippen molar-refractivity contribution in [2.75, 3.05) is 6.54 Å². The molecule has 2 heterocycles. The molecule has 2 rings (SSSR count). The van der Waals surface area contributed by atoms with Gasteiger partial charge in [-0.25, -0.2) is 0 Å². The van der Waals surface area contributed by atoms with E-state index in [9.17, 15) is 0 Å². The lowest BCUT2D eigenvalue weighted by molar-refractivity contribution is 0.429. The highest BCUT2D eigenvalue weighted by atomic mass is 16.3. The molecule has 2 aromatic rings. The van der Waals surface area contributed by atoms with Gasteiger partial charge in [-0.1, -0.05) is 6.92 Å². The number of aromatic nitrogens is 2. The summed E-state index contributed by atoms with van der Waals surface area (Å²) in [7, 11) is 1.92. The molecule has 2 aromatic heterocycles. The maximum Gasteiger partial charge on any atom is 0.127 e. The van der Waals surface area contributed by atoms with E-state index in [0.717, 1.165) is 23.8 Å². The lowest BCUT2D eigenvalue weighted by Crippen LogP contribution is -2.22. The van der Waals surface area contributed by atoms with E-state index in [-0.39, 0.29) is 6.04 Å². The third-order valence-corrected chi connectivity index (χ3v) is 2.48. The molecule has 0 spiro atoms. The van der Waals surface area contributed by atoms with Crippen molar-refractivity contribution in [2.45, 2.75) is 19.9 Å². The normalized spacial score (nSPS) is 12.9. The van der Waals surface area contributed by atoms with Gasteiger partial charge in [0.1, 0.15) is 17.6 Å². The van der Waals surface area contributed by atoms with Crippen LogP contribution in [0.5, 0.6) is 0 Å². The van der Waals surface area contributed by atoms with Crippen molar-refractivity contribution in [3.63, 3.8) is 0 Å². The van der Waals surface area contributed by atoms with Gasteiger partial charge in [-0.05, 0) is 31.7 Å². The zero-order chi connectivity index (χ0) is 11.5. The van der Waals surface area contributed by atoms with Gasteiger partial charge in [0.2, 0.25) is 0 Å². The lowest BCUT2D eigenvalue weighted by atomic mass is 10.1. The average Bonchev–Trinajstić information content (AvgIpc) is 2.84. The van der Waals surface area contributed by atoms with Gasteiger partial charge in [0.25, 0.3) is 0 Å². The van der Waals surface area contributed by atoms with Gasteiger partial charge in [0, 0.05) is 13.2 Å². The van der Waals surface area contributed by atoms with E-state index in [2.05, 4.69) is 17.3 Å². The Bertz CT molecular complexity index is 418. The first-order valence-corrected chi connectivity index (χ1v) is 5.50. The summed E-state index contributed by atoms with van der Waals surface area (Å²) in [5.41, 5.74) is 0.985. The monoisotopic (exact) mass is 219 g/mol. The first-order valence-electron chi connectivity index (χ1n) is 5.50. The number of nitrogens with zero attached hydrogens (tertiary/aromatic N) is 2. The average molecular weight is 219 g/mol. The van der Waals surface area contributed by atoms with Crippen LogP contribution in [0.2, 0.25) is 0 Å². The summed E-state index contributed by atoms with van der Waals surface area (Å²) in [6, 6.07) is 6.02. The van der Waals surface area contributed by atoms with Crippen LogP contribution in [-0.2, 0) is 7.05 Å². The van der Waals surface area contributed by atoms with E-state index < -0.39 is 0 Å². The topological polar surface area (TPSA) is 43.0 Å². The number of furan rings is 1. The molecule has 1 atom stereocenters. The van der Waals surface area contributed by atoms with Gasteiger partial charge in [-0.15, -0.1) is 0 Å². The predicted octanol–water partition coefficient (Wildman–Crippen LogP) is 2.02. The Balaban J connectivity index is 2.30. The molecule has 0 aromatic carbocycles. The van der Waals surface area contributed by atoms with Crippen LogP contribution in [0.25, 0.3) is 0 Å². The van der Waals surface area contributed by atoms with E-state index in [4.69, 9.17) is 4.42 Å². The van der Waals surface area contributed by atoms with Crippen molar-refractivity contribution >= 4 is 0 Å². The molecule has 0 aliphatic carbocycles. The van der Waals surface area contributed by atoms with E-state index in [1.54, 1.807) is 4.68 Å². The molecule has 0 bridgehead atoms. The van der Waals surface area contributed by atoms with Crippen molar-refractivity contribution in [1.29, 1.82) is 0 Å². The van der Waals surface area contributed by atoms with Crippen molar-refractivity contribution in [2.24, 2.45) is 7.05 Å². The minimum Gasteiger partial charge on any atom is -0.464 e. The molecule has 86 valence electrons. The highest BCUT2D eigenvalue weighted by Crippen LogP contribution is 2.22. The van der Waals surface area contributed by atoms with E-state index in [1.807, 2.05) is 38.4 Å². The maximum atomic E-state index is 5.65. The van der Waals surface area contributed by atoms with E-state index in [0.29, 0.717) is 0 Å². The third-order valence-electron chi connectivity index (χ3n) is 2.48. The Hall–Kier alpha value is -1.55. The number of aryl methyl sites for hydroxylation is 2. The second kappa shape index (κ2) is 4.53. The molecule has 0 aliphatic heterocycles. The van der Waals surface area contributed by atoms with Crippen LogP contribution in [0, 0.1) is 6.92 Å². The van der Waals surface area contributed by atoms with Crippen LogP contribution in [0.15, 0.2) is 28.8 Å². The number of nitrogens with one attached hydrogen (secondary N) is 1. The van der Waals surface area contributed by atoms with E-state index in [1.165, 1.54) is 0 Å². The van der Waals surface area contributed by atoms with Crippen molar-refractivity contribution in [3.05, 3.63) is 41.6 Å². The summed E-state index contributed by atoms with van der Waals surface area (Å²) in [5, 5.41) is 7.78. The highest BCUT2D eigenvalue weighted by molar-refractivity contribution is 5.20. The quantitative estimate of drug-likeness (QED) is 0.855. The van der Waals surface area contributed by atoms with Gasteiger partial charge in [0.15, 0.2) is 0 Å². The highest BCUT2D eigenvalue weighted by Gasteiger charge is 2.18. The summed E-state index contributed by atoms with van der Waals surface area (Å²) in [6.07, 6.45) is 1.94. The van der Waals surface area contributed by atoms with Crippen molar-refractivity contribution in [1.82, 2.24) is 15.1 Å². The SMILES string of the molecule is CCNC(c1ccn(C)n1)c1ccc(C)o1.